The molecule has 0 saturated heterocycles. The van der Waals surface area contributed by atoms with Gasteiger partial charge < -0.3 is 23.9 Å². The van der Waals surface area contributed by atoms with E-state index in [0.29, 0.717) is 44.5 Å². The van der Waals surface area contributed by atoms with Crippen molar-refractivity contribution in [3.05, 3.63) is 88.3 Å². The molecule has 0 aliphatic carbocycles. The van der Waals surface area contributed by atoms with Crippen LogP contribution in [-0.2, 0) is 14.3 Å². The number of oxazole rings is 1. The molecular formula is C31H32ClN3O7. The van der Waals surface area contributed by atoms with Crippen LogP contribution in [0.1, 0.15) is 43.6 Å². The summed E-state index contributed by atoms with van der Waals surface area (Å²) in [6.45, 7) is 5.57. The smallest absolute Gasteiger partial charge is 0.338 e. The number of amides is 1. The fraction of sp³-hybridized carbons (Fsp3) is 0.290. The van der Waals surface area contributed by atoms with Crippen LogP contribution < -0.4 is 15.6 Å². The SMILES string of the molecule is COCCC(C(=O)Nc1ccc(C(=O)OC(C)(C)C)cc1)n1cc(OC)c(-c2cc(Cl)ccc2-c2cnco2)cc1=O. The summed E-state index contributed by atoms with van der Waals surface area (Å²) in [5.41, 5.74) is 1.46. The number of hydrogen-bond donors (Lipinski definition) is 1. The molecule has 10 nitrogen and oxygen atoms in total. The first kappa shape index (κ1) is 30.5. The Kier molecular flexibility index (Phi) is 9.49. The highest BCUT2D eigenvalue weighted by molar-refractivity contribution is 6.31. The summed E-state index contributed by atoms with van der Waals surface area (Å²) < 4.78 is 23.1. The minimum atomic E-state index is -0.931. The number of carbonyl (C=O) groups is 2. The van der Waals surface area contributed by atoms with Crippen LogP contribution in [0.4, 0.5) is 5.69 Å². The minimum Gasteiger partial charge on any atom is -0.495 e. The van der Waals surface area contributed by atoms with Gasteiger partial charge in [-0.3, -0.25) is 14.2 Å². The Morgan fingerprint density at radius 1 is 1.05 bits per heavy atom. The number of aromatic nitrogens is 2. The highest BCUT2D eigenvalue weighted by Crippen LogP contribution is 2.38. The molecule has 1 amide bonds. The second kappa shape index (κ2) is 13.1. The highest BCUT2D eigenvalue weighted by Gasteiger charge is 2.25. The van der Waals surface area contributed by atoms with Crippen molar-refractivity contribution in [2.45, 2.75) is 38.8 Å². The molecule has 1 atom stereocenters. The van der Waals surface area contributed by atoms with E-state index >= 15 is 0 Å². The van der Waals surface area contributed by atoms with Crippen molar-refractivity contribution < 1.29 is 28.2 Å². The summed E-state index contributed by atoms with van der Waals surface area (Å²) in [7, 11) is 2.99. The molecule has 2 heterocycles. The van der Waals surface area contributed by atoms with Crippen LogP contribution in [0.2, 0.25) is 5.02 Å². The third-order valence-electron chi connectivity index (χ3n) is 6.25. The van der Waals surface area contributed by atoms with Gasteiger partial charge >= 0.3 is 5.97 Å². The number of pyridine rings is 1. The number of nitrogens with one attached hydrogen (secondary N) is 1. The lowest BCUT2D eigenvalue weighted by atomic mass is 9.98. The van der Waals surface area contributed by atoms with E-state index in [0.717, 1.165) is 0 Å². The van der Waals surface area contributed by atoms with Crippen LogP contribution in [-0.4, -0.2) is 47.9 Å². The van der Waals surface area contributed by atoms with E-state index in [4.69, 9.17) is 30.2 Å². The van der Waals surface area contributed by atoms with Crippen LogP contribution in [0, 0.1) is 0 Å². The van der Waals surface area contributed by atoms with E-state index in [1.165, 1.54) is 37.4 Å². The number of rotatable bonds is 10. The maximum Gasteiger partial charge on any atom is 0.338 e. The van der Waals surface area contributed by atoms with Crippen molar-refractivity contribution >= 4 is 29.2 Å². The molecule has 0 bridgehead atoms. The highest BCUT2D eigenvalue weighted by atomic mass is 35.5. The largest absolute Gasteiger partial charge is 0.495 e. The summed E-state index contributed by atoms with van der Waals surface area (Å²) in [5, 5.41) is 3.28. The number of halogens is 1. The molecule has 220 valence electrons. The lowest BCUT2D eigenvalue weighted by Crippen LogP contribution is -2.34. The zero-order chi connectivity index (χ0) is 30.4. The monoisotopic (exact) mass is 593 g/mol. The average molecular weight is 594 g/mol. The van der Waals surface area contributed by atoms with Crippen molar-refractivity contribution in [3.8, 4) is 28.2 Å². The predicted molar refractivity (Wildman–Crippen MR) is 159 cm³/mol. The summed E-state index contributed by atoms with van der Waals surface area (Å²) in [5.74, 6) is -0.0835. The second-order valence-corrected chi connectivity index (χ2v) is 10.9. The van der Waals surface area contributed by atoms with E-state index in [2.05, 4.69) is 10.3 Å². The molecule has 0 fully saturated rings. The molecule has 1 N–H and O–H groups in total. The summed E-state index contributed by atoms with van der Waals surface area (Å²) in [6, 6.07) is 12.0. The van der Waals surface area contributed by atoms with Crippen molar-refractivity contribution in [3.63, 3.8) is 0 Å². The zero-order valence-electron chi connectivity index (χ0n) is 24.0. The van der Waals surface area contributed by atoms with Gasteiger partial charge in [-0.1, -0.05) is 11.6 Å². The fourth-order valence-corrected chi connectivity index (χ4v) is 4.50. The number of hydrogen-bond acceptors (Lipinski definition) is 8. The molecule has 42 heavy (non-hydrogen) atoms. The molecule has 0 aliphatic rings. The summed E-state index contributed by atoms with van der Waals surface area (Å²) in [4.78, 5) is 43.4. The first-order chi connectivity index (χ1) is 20.0. The predicted octanol–water partition coefficient (Wildman–Crippen LogP) is 6.00. The Bertz CT molecular complexity index is 1610. The van der Waals surface area contributed by atoms with Gasteiger partial charge in [0.25, 0.3) is 5.56 Å². The summed E-state index contributed by atoms with van der Waals surface area (Å²) in [6.07, 6.45) is 4.58. The first-order valence-electron chi connectivity index (χ1n) is 13.1. The van der Waals surface area contributed by atoms with Gasteiger partial charge in [-0.25, -0.2) is 9.78 Å². The number of anilines is 1. The molecular weight excluding hydrogens is 562 g/mol. The summed E-state index contributed by atoms with van der Waals surface area (Å²) >= 11 is 6.31. The van der Waals surface area contributed by atoms with Crippen LogP contribution in [0.25, 0.3) is 22.5 Å². The Labute approximate surface area is 248 Å². The molecule has 4 rings (SSSR count). The maximum absolute atomic E-state index is 13.5. The minimum absolute atomic E-state index is 0.210. The van der Waals surface area contributed by atoms with E-state index in [1.807, 2.05) is 0 Å². The van der Waals surface area contributed by atoms with Gasteiger partial charge in [-0.2, -0.15) is 0 Å². The van der Waals surface area contributed by atoms with Gasteiger partial charge in [0, 0.05) is 48.0 Å². The number of carbonyl (C=O) groups excluding carboxylic acids is 2. The van der Waals surface area contributed by atoms with Gasteiger partial charge in [-0.15, -0.1) is 0 Å². The van der Waals surface area contributed by atoms with Gasteiger partial charge in [0.15, 0.2) is 12.2 Å². The van der Waals surface area contributed by atoms with Crippen LogP contribution in [0.15, 0.2) is 76.5 Å². The number of esters is 1. The Morgan fingerprint density at radius 2 is 1.79 bits per heavy atom. The van der Waals surface area contributed by atoms with Crippen LogP contribution in [0.5, 0.6) is 5.75 Å². The molecule has 0 aliphatic heterocycles. The molecule has 0 saturated carbocycles. The molecule has 11 heteroatoms. The number of benzene rings is 2. The topological polar surface area (TPSA) is 122 Å². The lowest BCUT2D eigenvalue weighted by Gasteiger charge is -2.22. The van der Waals surface area contributed by atoms with Crippen molar-refractivity contribution in [2.75, 3.05) is 26.1 Å². The van der Waals surface area contributed by atoms with Crippen LogP contribution >= 0.6 is 11.6 Å². The van der Waals surface area contributed by atoms with Gasteiger partial charge in [0.1, 0.15) is 17.4 Å². The number of nitrogens with zero attached hydrogens (tertiary/aromatic N) is 2. The number of ether oxygens (including phenoxy) is 3. The van der Waals surface area contributed by atoms with E-state index < -0.39 is 29.1 Å². The third kappa shape index (κ3) is 7.26. The van der Waals surface area contributed by atoms with E-state index in [-0.39, 0.29) is 13.0 Å². The standard InChI is InChI=1S/C31H32ClN3O7/c1-31(2,3)42-30(38)19-6-9-21(10-7-19)34-29(37)25(12-13-39-4)35-17-27(40-5)24(15-28(35)36)23-14-20(32)8-11-22(23)26-16-33-18-41-26/h6-11,14-18,25H,12-13H2,1-5H3,(H,34,37). The molecule has 0 spiro atoms. The molecule has 1 unspecified atom stereocenters. The van der Waals surface area contributed by atoms with Crippen molar-refractivity contribution in [1.29, 1.82) is 0 Å². The van der Waals surface area contributed by atoms with Crippen molar-refractivity contribution in [1.82, 2.24) is 9.55 Å². The zero-order valence-corrected chi connectivity index (χ0v) is 24.7. The van der Waals surface area contributed by atoms with Gasteiger partial charge in [0.2, 0.25) is 5.91 Å². The average Bonchev–Trinajstić information content (AvgIpc) is 3.48. The molecule has 0 radical (unpaired) electrons. The first-order valence-corrected chi connectivity index (χ1v) is 13.5. The quantitative estimate of drug-likeness (QED) is 0.222. The van der Waals surface area contributed by atoms with Crippen molar-refractivity contribution in [2.24, 2.45) is 0 Å². The fourth-order valence-electron chi connectivity index (χ4n) is 4.33. The second-order valence-electron chi connectivity index (χ2n) is 10.4. The third-order valence-corrected chi connectivity index (χ3v) is 6.49. The maximum atomic E-state index is 13.5. The number of methoxy groups -OCH3 is 2. The Hall–Kier alpha value is -4.41. The van der Waals surface area contributed by atoms with Gasteiger partial charge in [0.05, 0.1) is 25.1 Å². The van der Waals surface area contributed by atoms with Gasteiger partial charge in [-0.05, 0) is 68.8 Å². The molecule has 2 aromatic carbocycles. The lowest BCUT2D eigenvalue weighted by molar-refractivity contribution is -0.119. The normalized spacial score (nSPS) is 12.0. The van der Waals surface area contributed by atoms with E-state index in [1.54, 1.807) is 69.4 Å². The Balaban J connectivity index is 1.66. The Morgan fingerprint density at radius 3 is 2.40 bits per heavy atom. The molecule has 4 aromatic rings. The van der Waals surface area contributed by atoms with E-state index in [9.17, 15) is 14.4 Å². The van der Waals surface area contributed by atoms with Crippen LogP contribution in [0.3, 0.4) is 0 Å². The molecule has 2 aromatic heterocycles.